The van der Waals surface area contributed by atoms with E-state index in [9.17, 15) is 4.79 Å². The molecule has 0 unspecified atom stereocenters. The van der Waals surface area contributed by atoms with Crippen molar-refractivity contribution in [1.82, 2.24) is 4.90 Å². The Morgan fingerprint density at radius 2 is 1.95 bits per heavy atom. The van der Waals surface area contributed by atoms with Crippen molar-refractivity contribution < 1.29 is 4.79 Å². The summed E-state index contributed by atoms with van der Waals surface area (Å²) in [6, 6.07) is 8.02. The highest BCUT2D eigenvalue weighted by atomic mass is 16.2. The molecule has 1 aromatic carbocycles. The minimum absolute atomic E-state index is 0.113. The zero-order chi connectivity index (χ0) is 14.4. The summed E-state index contributed by atoms with van der Waals surface area (Å²) in [5.41, 5.74) is 7.46. The molecule has 3 nitrogen and oxygen atoms in total. The van der Waals surface area contributed by atoms with Crippen molar-refractivity contribution in [3.8, 4) is 0 Å². The molecule has 106 valence electrons. The number of carbonyl (C=O) groups excluding carboxylic acids is 1. The summed E-state index contributed by atoms with van der Waals surface area (Å²) in [7, 11) is 0. The van der Waals surface area contributed by atoms with Gasteiger partial charge in [-0.2, -0.15) is 0 Å². The second kappa shape index (κ2) is 7.29. The Kier molecular flexibility index (Phi) is 6.03. The standard InChI is InChI=1S/C16H26N2O/c1-12(2)11-18(13(3)4)16(19)15-7-5-6-14(10-15)8-9-17/h5-7,10,12-13H,8-9,11,17H2,1-4H3. The van der Waals surface area contributed by atoms with Gasteiger partial charge in [0.05, 0.1) is 0 Å². The molecular formula is C16H26N2O. The maximum atomic E-state index is 12.6. The summed E-state index contributed by atoms with van der Waals surface area (Å²) in [5.74, 6) is 0.584. The maximum absolute atomic E-state index is 12.6. The monoisotopic (exact) mass is 262 g/mol. The minimum Gasteiger partial charge on any atom is -0.336 e. The van der Waals surface area contributed by atoms with Gasteiger partial charge < -0.3 is 10.6 Å². The van der Waals surface area contributed by atoms with Crippen molar-refractivity contribution in [2.75, 3.05) is 13.1 Å². The third kappa shape index (κ3) is 4.67. The van der Waals surface area contributed by atoms with E-state index in [2.05, 4.69) is 27.7 Å². The zero-order valence-corrected chi connectivity index (χ0v) is 12.5. The third-order valence-electron chi connectivity index (χ3n) is 3.05. The molecule has 0 aliphatic rings. The third-order valence-corrected chi connectivity index (χ3v) is 3.05. The Morgan fingerprint density at radius 1 is 1.26 bits per heavy atom. The molecule has 1 aromatic rings. The van der Waals surface area contributed by atoms with Gasteiger partial charge in [0.15, 0.2) is 0 Å². The molecule has 0 radical (unpaired) electrons. The van der Waals surface area contributed by atoms with Crippen molar-refractivity contribution >= 4 is 5.91 Å². The molecule has 19 heavy (non-hydrogen) atoms. The highest BCUT2D eigenvalue weighted by molar-refractivity contribution is 5.94. The van der Waals surface area contributed by atoms with E-state index in [-0.39, 0.29) is 11.9 Å². The lowest BCUT2D eigenvalue weighted by atomic mass is 10.1. The lowest BCUT2D eigenvalue weighted by Crippen LogP contribution is -2.39. The van der Waals surface area contributed by atoms with Crippen LogP contribution in [0.25, 0.3) is 0 Å². The molecule has 0 spiro atoms. The van der Waals surface area contributed by atoms with E-state index < -0.39 is 0 Å². The van der Waals surface area contributed by atoms with Gasteiger partial charge in [0.2, 0.25) is 0 Å². The van der Waals surface area contributed by atoms with Crippen LogP contribution in [0.5, 0.6) is 0 Å². The average Bonchev–Trinajstić information content (AvgIpc) is 2.35. The summed E-state index contributed by atoms with van der Waals surface area (Å²) in [5, 5.41) is 0. The molecule has 0 heterocycles. The number of amides is 1. The number of hydrogen-bond donors (Lipinski definition) is 1. The number of hydrogen-bond acceptors (Lipinski definition) is 2. The van der Waals surface area contributed by atoms with E-state index in [1.54, 1.807) is 0 Å². The Morgan fingerprint density at radius 3 is 2.47 bits per heavy atom. The van der Waals surface area contributed by atoms with E-state index in [0.29, 0.717) is 12.5 Å². The van der Waals surface area contributed by atoms with E-state index in [1.165, 1.54) is 0 Å². The van der Waals surface area contributed by atoms with Crippen molar-refractivity contribution in [2.24, 2.45) is 11.7 Å². The molecule has 1 rings (SSSR count). The van der Waals surface area contributed by atoms with Crippen LogP contribution >= 0.6 is 0 Å². The number of rotatable bonds is 6. The predicted octanol–water partition coefficient (Wildman–Crippen LogP) is 2.69. The fourth-order valence-electron chi connectivity index (χ4n) is 2.11. The molecule has 0 atom stereocenters. The molecule has 0 bridgehead atoms. The van der Waals surface area contributed by atoms with Crippen molar-refractivity contribution in [2.45, 2.75) is 40.2 Å². The second-order valence-corrected chi connectivity index (χ2v) is 5.68. The smallest absolute Gasteiger partial charge is 0.254 e. The first-order chi connectivity index (χ1) is 8.95. The summed E-state index contributed by atoms with van der Waals surface area (Å²) in [4.78, 5) is 14.5. The lowest BCUT2D eigenvalue weighted by Gasteiger charge is -2.28. The van der Waals surface area contributed by atoms with Crippen molar-refractivity contribution in [3.63, 3.8) is 0 Å². The fraction of sp³-hybridized carbons (Fsp3) is 0.562. The quantitative estimate of drug-likeness (QED) is 0.856. The van der Waals surface area contributed by atoms with Crippen LogP contribution in [0, 0.1) is 5.92 Å². The summed E-state index contributed by atoms with van der Waals surface area (Å²) >= 11 is 0. The van der Waals surface area contributed by atoms with Gasteiger partial charge in [-0.15, -0.1) is 0 Å². The van der Waals surface area contributed by atoms with E-state index in [0.717, 1.165) is 24.1 Å². The molecule has 0 fully saturated rings. The van der Waals surface area contributed by atoms with Crippen LogP contribution in [0.1, 0.15) is 43.6 Å². The first-order valence-corrected chi connectivity index (χ1v) is 7.05. The molecule has 3 heteroatoms. The van der Waals surface area contributed by atoms with Gasteiger partial charge >= 0.3 is 0 Å². The van der Waals surface area contributed by atoms with Gasteiger partial charge in [0.25, 0.3) is 5.91 Å². The molecular weight excluding hydrogens is 236 g/mol. The molecule has 1 amide bonds. The Hall–Kier alpha value is -1.35. The first-order valence-electron chi connectivity index (χ1n) is 7.05. The van der Waals surface area contributed by atoms with Gasteiger partial charge in [0.1, 0.15) is 0 Å². The number of benzene rings is 1. The van der Waals surface area contributed by atoms with Gasteiger partial charge in [-0.1, -0.05) is 26.0 Å². The highest BCUT2D eigenvalue weighted by Gasteiger charge is 2.19. The largest absolute Gasteiger partial charge is 0.336 e. The summed E-state index contributed by atoms with van der Waals surface area (Å²) < 4.78 is 0. The topological polar surface area (TPSA) is 46.3 Å². The summed E-state index contributed by atoms with van der Waals surface area (Å²) in [6.07, 6.45) is 0.812. The predicted molar refractivity (Wildman–Crippen MR) is 80.2 cm³/mol. The zero-order valence-electron chi connectivity index (χ0n) is 12.5. The molecule has 0 aromatic heterocycles. The number of nitrogens with two attached hydrogens (primary N) is 1. The van der Waals surface area contributed by atoms with E-state index in [4.69, 9.17) is 5.73 Å². The fourth-order valence-corrected chi connectivity index (χ4v) is 2.11. The number of nitrogens with zero attached hydrogens (tertiary/aromatic N) is 1. The number of carbonyl (C=O) groups is 1. The van der Waals surface area contributed by atoms with Gasteiger partial charge in [-0.25, -0.2) is 0 Å². The first kappa shape index (κ1) is 15.7. The van der Waals surface area contributed by atoms with Crippen LogP contribution in [-0.2, 0) is 6.42 Å². The van der Waals surface area contributed by atoms with Gasteiger partial charge in [-0.05, 0) is 50.4 Å². The van der Waals surface area contributed by atoms with Crippen molar-refractivity contribution in [3.05, 3.63) is 35.4 Å². The molecule has 0 saturated heterocycles. The average molecular weight is 262 g/mol. The van der Waals surface area contributed by atoms with Crippen LogP contribution in [0.4, 0.5) is 0 Å². The Balaban J connectivity index is 2.92. The van der Waals surface area contributed by atoms with E-state index >= 15 is 0 Å². The maximum Gasteiger partial charge on any atom is 0.254 e. The Bertz CT molecular complexity index is 413. The lowest BCUT2D eigenvalue weighted by molar-refractivity contribution is 0.0682. The Labute approximate surface area is 116 Å². The van der Waals surface area contributed by atoms with Crippen LogP contribution in [0.3, 0.4) is 0 Å². The normalized spacial score (nSPS) is 11.1. The SMILES string of the molecule is CC(C)CN(C(=O)c1cccc(CCN)c1)C(C)C. The molecule has 0 saturated carbocycles. The van der Waals surface area contributed by atoms with Gasteiger partial charge in [-0.3, -0.25) is 4.79 Å². The van der Waals surface area contributed by atoms with Crippen LogP contribution in [0.2, 0.25) is 0 Å². The van der Waals surface area contributed by atoms with Crippen molar-refractivity contribution in [1.29, 1.82) is 0 Å². The van der Waals surface area contributed by atoms with Crippen LogP contribution in [-0.4, -0.2) is 29.9 Å². The van der Waals surface area contributed by atoms with E-state index in [1.807, 2.05) is 29.2 Å². The van der Waals surface area contributed by atoms with Crippen LogP contribution in [0.15, 0.2) is 24.3 Å². The van der Waals surface area contributed by atoms with Gasteiger partial charge in [0, 0.05) is 18.2 Å². The molecule has 0 aliphatic carbocycles. The molecule has 0 aliphatic heterocycles. The molecule has 2 N–H and O–H groups in total. The summed E-state index contributed by atoms with van der Waals surface area (Å²) in [6.45, 7) is 9.78. The highest BCUT2D eigenvalue weighted by Crippen LogP contribution is 2.13. The minimum atomic E-state index is 0.113. The van der Waals surface area contributed by atoms with Crippen LogP contribution < -0.4 is 5.73 Å². The second-order valence-electron chi connectivity index (χ2n) is 5.68.